The van der Waals surface area contributed by atoms with Crippen molar-refractivity contribution in [3.05, 3.63) is 0 Å². The predicted octanol–water partition coefficient (Wildman–Crippen LogP) is -4.81. The molecule has 22 heteroatoms. The van der Waals surface area contributed by atoms with E-state index in [1.807, 2.05) is 0 Å². The fraction of sp³-hybridized carbons (Fsp3) is 1.00. The summed E-state index contributed by atoms with van der Waals surface area (Å²) >= 11 is 0. The van der Waals surface area contributed by atoms with Crippen LogP contribution in [0.15, 0.2) is 0 Å². The minimum Gasteiger partial charge on any atom is -0.329 e. The smallest absolute Gasteiger partial charge is 0.329 e. The summed E-state index contributed by atoms with van der Waals surface area (Å²) in [6.07, 6.45) is 0. The number of phosphoric acid groups is 4. The maximum Gasteiger partial charge on any atom is 0.466 e. The molecule has 18 nitrogen and oxygen atoms in total. The van der Waals surface area contributed by atoms with Crippen LogP contribution in [0.5, 0.6) is 0 Å². The van der Waals surface area contributed by atoms with E-state index in [1.54, 1.807) is 0 Å². The van der Waals surface area contributed by atoms with Gasteiger partial charge >= 0.3 is 31.3 Å². The van der Waals surface area contributed by atoms with Gasteiger partial charge < -0.3 is 70.2 Å². The summed E-state index contributed by atoms with van der Waals surface area (Å²) in [4.78, 5) is 86.2. The first kappa shape index (κ1) is 35.5. The zero-order chi connectivity index (χ0) is 21.4. The number of rotatable bonds is 1. The minimum absolute atomic E-state index is 0.597. The van der Waals surface area contributed by atoms with Gasteiger partial charge in [0.25, 0.3) is 0 Å². The fourth-order valence-electron chi connectivity index (χ4n) is 0. The van der Waals surface area contributed by atoms with E-state index in [0.29, 0.717) is 13.1 Å². The van der Waals surface area contributed by atoms with E-state index in [1.165, 1.54) is 0 Å². The van der Waals surface area contributed by atoms with Gasteiger partial charge in [-0.2, -0.15) is 0 Å². The van der Waals surface area contributed by atoms with Crippen LogP contribution in [0.25, 0.3) is 0 Å². The molecule has 0 radical (unpaired) electrons. The van der Waals surface area contributed by atoms with Crippen LogP contribution in [0.3, 0.4) is 0 Å². The van der Waals surface area contributed by atoms with E-state index in [-0.39, 0.29) is 0 Å². The zero-order valence-electron chi connectivity index (χ0n) is 11.4. The van der Waals surface area contributed by atoms with Crippen molar-refractivity contribution in [3.63, 3.8) is 0 Å². The van der Waals surface area contributed by atoms with Gasteiger partial charge in [0.1, 0.15) is 0 Å². The predicted molar refractivity (Wildman–Crippen MR) is 75.2 cm³/mol. The Morgan fingerprint density at radius 3 is 0.458 bits per heavy atom. The molecule has 0 rings (SSSR count). The Morgan fingerprint density at radius 1 is 0.417 bits per heavy atom. The van der Waals surface area contributed by atoms with Gasteiger partial charge in [-0.05, 0) is 0 Å². The van der Waals surface area contributed by atoms with Crippen molar-refractivity contribution in [2.75, 3.05) is 13.1 Å². The Hall–Kier alpha value is 0.360. The summed E-state index contributed by atoms with van der Waals surface area (Å²) in [5.74, 6) is 0. The van der Waals surface area contributed by atoms with Gasteiger partial charge in [-0.1, -0.05) is 0 Å². The van der Waals surface area contributed by atoms with Crippen LogP contribution in [0.4, 0.5) is 0 Å². The summed E-state index contributed by atoms with van der Waals surface area (Å²) in [6, 6.07) is 0. The van der Waals surface area contributed by atoms with Gasteiger partial charge in [0.15, 0.2) is 0 Å². The molecule has 0 aromatic carbocycles. The largest absolute Gasteiger partial charge is 0.466 e. The molecule has 154 valence electrons. The molecule has 0 amide bonds. The lowest BCUT2D eigenvalue weighted by molar-refractivity contribution is 0.272. The van der Waals surface area contributed by atoms with E-state index < -0.39 is 31.3 Å². The normalized spacial score (nSPS) is 11.1. The Balaban J connectivity index is -0.0000000628. The van der Waals surface area contributed by atoms with E-state index in [4.69, 9.17) is 88.4 Å². The van der Waals surface area contributed by atoms with Crippen molar-refractivity contribution in [2.45, 2.75) is 0 Å². The molecule has 0 aliphatic rings. The fourth-order valence-corrected chi connectivity index (χ4v) is 0. The van der Waals surface area contributed by atoms with E-state index >= 15 is 0 Å². The lowest BCUT2D eigenvalue weighted by atomic mass is 10.7. The third-order valence-corrected chi connectivity index (χ3v) is 0.167. The molecule has 0 atom stereocenters. The number of hydrogen-bond acceptors (Lipinski definition) is 6. The highest BCUT2D eigenvalue weighted by atomic mass is 31.2. The molecule has 0 bridgehead atoms. The first-order valence-electron chi connectivity index (χ1n) is 4.45. The van der Waals surface area contributed by atoms with Crippen molar-refractivity contribution in [1.29, 1.82) is 0 Å². The molecule has 16 N–H and O–H groups in total. The lowest BCUT2D eigenvalue weighted by Crippen LogP contribution is -2.11. The van der Waals surface area contributed by atoms with Crippen LogP contribution in [0, 0.1) is 0 Å². The maximum absolute atomic E-state index is 8.88. The van der Waals surface area contributed by atoms with E-state index in [2.05, 4.69) is 0 Å². The van der Waals surface area contributed by atoms with Gasteiger partial charge in [0, 0.05) is 13.1 Å². The van der Waals surface area contributed by atoms with E-state index in [9.17, 15) is 0 Å². The van der Waals surface area contributed by atoms with Crippen molar-refractivity contribution >= 4 is 31.3 Å². The number of hydrogen-bond donors (Lipinski definition) is 14. The zero-order valence-corrected chi connectivity index (χ0v) is 14.9. The van der Waals surface area contributed by atoms with Crippen molar-refractivity contribution in [1.82, 2.24) is 0 Å². The Bertz CT molecular complexity index is 324. The van der Waals surface area contributed by atoms with Gasteiger partial charge in [-0.15, -0.1) is 0 Å². The molecular formula is C2H20N2O16P4. The van der Waals surface area contributed by atoms with Crippen LogP contribution in [0.2, 0.25) is 0 Å². The van der Waals surface area contributed by atoms with Gasteiger partial charge in [0.05, 0.1) is 0 Å². The first-order valence-corrected chi connectivity index (χ1v) is 10.7. The van der Waals surface area contributed by atoms with Crippen LogP contribution in [-0.4, -0.2) is 71.8 Å². The highest BCUT2D eigenvalue weighted by molar-refractivity contribution is 7.45. The number of nitrogens with two attached hydrogens (primary N) is 2. The molecule has 0 saturated carbocycles. The third kappa shape index (κ3) is 5520. The Morgan fingerprint density at radius 2 is 0.458 bits per heavy atom. The molecule has 0 aromatic heterocycles. The topological polar surface area (TPSA) is 363 Å². The highest BCUT2D eigenvalue weighted by Gasteiger charge is 2.01. The summed E-state index contributed by atoms with van der Waals surface area (Å²) < 4.78 is 35.5. The summed E-state index contributed by atoms with van der Waals surface area (Å²) in [5.41, 5.74) is 9.81. The molecule has 0 spiro atoms. The van der Waals surface area contributed by atoms with Crippen LogP contribution in [-0.2, 0) is 18.3 Å². The van der Waals surface area contributed by atoms with Crippen molar-refractivity contribution in [2.24, 2.45) is 11.5 Å². The first-order chi connectivity index (χ1) is 9.91. The third-order valence-electron chi connectivity index (χ3n) is 0.167. The quantitative estimate of drug-likeness (QED) is 0.166. The van der Waals surface area contributed by atoms with Crippen molar-refractivity contribution < 1.29 is 77.0 Å². The van der Waals surface area contributed by atoms with E-state index in [0.717, 1.165) is 0 Å². The monoisotopic (exact) mass is 452 g/mol. The molecule has 0 saturated heterocycles. The average molecular weight is 452 g/mol. The molecule has 0 unspecified atom stereocenters. The molecule has 0 aromatic rings. The van der Waals surface area contributed by atoms with Gasteiger partial charge in [0.2, 0.25) is 0 Å². The molecule has 0 aliphatic heterocycles. The standard InChI is InChI=1S/C2H8N2.4H3O4P/c3-1-2-4;4*1-5(2,3)4/h1-4H2;4*(H3,1,2,3,4). The summed E-state index contributed by atoms with van der Waals surface area (Å²) in [5, 5.41) is 0. The van der Waals surface area contributed by atoms with Crippen molar-refractivity contribution in [3.8, 4) is 0 Å². The van der Waals surface area contributed by atoms with Gasteiger partial charge in [-0.25, -0.2) is 18.3 Å². The maximum atomic E-state index is 8.88. The highest BCUT2D eigenvalue weighted by Crippen LogP contribution is 2.27. The molecule has 0 heterocycles. The molecule has 0 aliphatic carbocycles. The minimum atomic E-state index is -4.64. The second kappa shape index (κ2) is 16.8. The van der Waals surface area contributed by atoms with Crippen LogP contribution in [0.1, 0.15) is 0 Å². The summed E-state index contributed by atoms with van der Waals surface area (Å²) in [6.45, 7) is 1.19. The Labute approximate surface area is 134 Å². The average Bonchev–Trinajstić information content (AvgIpc) is 2.05. The lowest BCUT2D eigenvalue weighted by Gasteiger charge is -1.82. The molecule has 24 heavy (non-hydrogen) atoms. The SMILES string of the molecule is NCCN.O=P(O)(O)O.O=P(O)(O)O.O=P(O)(O)O.O=P(O)(O)O. The van der Waals surface area contributed by atoms with Crippen LogP contribution >= 0.6 is 31.3 Å². The van der Waals surface area contributed by atoms with Crippen LogP contribution < -0.4 is 11.5 Å². The summed E-state index contributed by atoms with van der Waals surface area (Å²) in [7, 11) is -18.6. The Kier molecular flexibility index (Phi) is 24.8. The van der Waals surface area contributed by atoms with Gasteiger partial charge in [-0.3, -0.25) is 0 Å². The second-order valence-electron chi connectivity index (χ2n) is 2.63. The second-order valence-corrected chi connectivity index (χ2v) is 6.74. The molecule has 0 fully saturated rings. The molecular weight excluding hydrogens is 432 g/mol.